The SMILES string of the molecule is CCCc1nn(C2CCC(F)(F)CC2)c2ccc(C(=O)O)cc12. The minimum absolute atomic E-state index is 0.0431. The van der Waals surface area contributed by atoms with Crippen molar-refractivity contribution in [3.8, 4) is 0 Å². The van der Waals surface area contributed by atoms with Crippen molar-refractivity contribution in [1.82, 2.24) is 9.78 Å². The van der Waals surface area contributed by atoms with E-state index in [1.807, 2.05) is 11.6 Å². The third kappa shape index (κ3) is 3.07. The zero-order chi connectivity index (χ0) is 16.6. The zero-order valence-electron chi connectivity index (χ0n) is 13.1. The van der Waals surface area contributed by atoms with E-state index in [2.05, 4.69) is 5.10 Å². The summed E-state index contributed by atoms with van der Waals surface area (Å²) in [7, 11) is 0. The lowest BCUT2D eigenvalue weighted by Gasteiger charge is -2.28. The van der Waals surface area contributed by atoms with Crippen LogP contribution in [0.15, 0.2) is 18.2 Å². The molecule has 0 bridgehead atoms. The van der Waals surface area contributed by atoms with Gasteiger partial charge in [0, 0.05) is 18.2 Å². The second-order valence-corrected chi connectivity index (χ2v) is 6.27. The van der Waals surface area contributed by atoms with E-state index in [1.165, 1.54) is 0 Å². The Morgan fingerprint density at radius 1 is 1.39 bits per heavy atom. The molecule has 1 saturated carbocycles. The molecule has 0 spiro atoms. The molecular formula is C17H20F2N2O2. The molecule has 1 aliphatic rings. The number of alkyl halides is 2. The standard InChI is InChI=1S/C17H20F2N2O2/c1-2-3-14-13-10-11(16(22)23)4-5-15(13)21(20-14)12-6-8-17(18,19)9-7-12/h4-5,10,12H,2-3,6-9H2,1H3,(H,22,23). The number of carbonyl (C=O) groups is 1. The molecule has 1 fully saturated rings. The highest BCUT2D eigenvalue weighted by Gasteiger charge is 2.36. The Labute approximate surface area is 133 Å². The Morgan fingerprint density at radius 3 is 2.70 bits per heavy atom. The molecule has 6 heteroatoms. The second kappa shape index (κ2) is 5.91. The van der Waals surface area contributed by atoms with Crippen molar-refractivity contribution in [3.63, 3.8) is 0 Å². The summed E-state index contributed by atoms with van der Waals surface area (Å²) in [6, 6.07) is 4.90. The molecule has 1 aromatic heterocycles. The molecule has 1 N–H and O–H groups in total. The molecule has 0 atom stereocenters. The quantitative estimate of drug-likeness (QED) is 0.905. The van der Waals surface area contributed by atoms with Crippen molar-refractivity contribution in [2.75, 3.05) is 0 Å². The third-order valence-corrected chi connectivity index (χ3v) is 4.55. The monoisotopic (exact) mass is 322 g/mol. The van der Waals surface area contributed by atoms with Crippen LogP contribution < -0.4 is 0 Å². The van der Waals surface area contributed by atoms with Gasteiger partial charge in [0.15, 0.2) is 0 Å². The molecule has 1 aliphatic carbocycles. The van der Waals surface area contributed by atoms with Crippen LogP contribution in [0.5, 0.6) is 0 Å². The number of carboxylic acid groups (broad SMARTS) is 1. The molecule has 3 rings (SSSR count). The van der Waals surface area contributed by atoms with Crippen LogP contribution in [0.3, 0.4) is 0 Å². The minimum atomic E-state index is -2.57. The fourth-order valence-electron chi connectivity index (χ4n) is 3.31. The van der Waals surface area contributed by atoms with E-state index >= 15 is 0 Å². The van der Waals surface area contributed by atoms with E-state index in [0.717, 1.165) is 29.4 Å². The van der Waals surface area contributed by atoms with Crippen LogP contribution in [0.1, 0.15) is 61.1 Å². The maximum atomic E-state index is 13.4. The molecule has 1 heterocycles. The topological polar surface area (TPSA) is 55.1 Å². The number of rotatable bonds is 4. The van der Waals surface area contributed by atoms with Gasteiger partial charge in [0.1, 0.15) is 0 Å². The molecular weight excluding hydrogens is 302 g/mol. The fourth-order valence-corrected chi connectivity index (χ4v) is 3.31. The lowest BCUT2D eigenvalue weighted by molar-refractivity contribution is -0.0446. The summed E-state index contributed by atoms with van der Waals surface area (Å²) in [6.45, 7) is 2.03. The number of carboxylic acids is 1. The van der Waals surface area contributed by atoms with Gasteiger partial charge in [-0.3, -0.25) is 4.68 Å². The summed E-state index contributed by atoms with van der Waals surface area (Å²) in [5.41, 5.74) is 1.92. The highest BCUT2D eigenvalue weighted by atomic mass is 19.3. The van der Waals surface area contributed by atoms with Gasteiger partial charge in [-0.05, 0) is 37.5 Å². The molecule has 2 aromatic rings. The zero-order valence-corrected chi connectivity index (χ0v) is 13.1. The number of benzene rings is 1. The first-order valence-corrected chi connectivity index (χ1v) is 8.03. The molecule has 0 amide bonds. The van der Waals surface area contributed by atoms with Crippen molar-refractivity contribution in [1.29, 1.82) is 0 Å². The Balaban J connectivity index is 2.02. The number of halogens is 2. The van der Waals surface area contributed by atoms with Gasteiger partial charge in [0.25, 0.3) is 0 Å². The third-order valence-electron chi connectivity index (χ3n) is 4.55. The first kappa shape index (κ1) is 15.9. The number of aryl methyl sites for hydroxylation is 1. The lowest BCUT2D eigenvalue weighted by atomic mass is 9.92. The molecule has 0 saturated heterocycles. The first-order chi connectivity index (χ1) is 10.9. The molecule has 0 unspecified atom stereocenters. The van der Waals surface area contributed by atoms with E-state index in [1.54, 1.807) is 18.2 Å². The number of aromatic nitrogens is 2. The van der Waals surface area contributed by atoms with E-state index < -0.39 is 11.9 Å². The summed E-state index contributed by atoms with van der Waals surface area (Å²) >= 11 is 0. The Hall–Kier alpha value is -1.98. The van der Waals surface area contributed by atoms with Crippen LogP contribution in [0.4, 0.5) is 8.78 Å². The molecule has 23 heavy (non-hydrogen) atoms. The highest BCUT2D eigenvalue weighted by Crippen LogP contribution is 2.39. The summed E-state index contributed by atoms with van der Waals surface area (Å²) in [5, 5.41) is 14.6. The Bertz CT molecular complexity index is 730. The lowest BCUT2D eigenvalue weighted by Crippen LogP contribution is -2.26. The normalized spacial score (nSPS) is 18.4. The smallest absolute Gasteiger partial charge is 0.335 e. The predicted molar refractivity (Wildman–Crippen MR) is 83.1 cm³/mol. The number of nitrogens with zero attached hydrogens (tertiary/aromatic N) is 2. The van der Waals surface area contributed by atoms with Crippen LogP contribution in [-0.2, 0) is 6.42 Å². The van der Waals surface area contributed by atoms with Gasteiger partial charge in [0.2, 0.25) is 5.92 Å². The van der Waals surface area contributed by atoms with Crippen LogP contribution in [0.2, 0.25) is 0 Å². The first-order valence-electron chi connectivity index (χ1n) is 8.03. The van der Waals surface area contributed by atoms with Crippen LogP contribution in [-0.4, -0.2) is 26.8 Å². The van der Waals surface area contributed by atoms with Crippen LogP contribution >= 0.6 is 0 Å². The average molecular weight is 322 g/mol. The molecule has 4 nitrogen and oxygen atoms in total. The minimum Gasteiger partial charge on any atom is -0.478 e. The van der Waals surface area contributed by atoms with Crippen molar-refractivity contribution in [2.45, 2.75) is 57.4 Å². The highest BCUT2D eigenvalue weighted by molar-refractivity contribution is 5.94. The fraction of sp³-hybridized carbons (Fsp3) is 0.529. The average Bonchev–Trinajstić information content (AvgIpc) is 2.86. The van der Waals surface area contributed by atoms with Crippen molar-refractivity contribution in [3.05, 3.63) is 29.5 Å². The Morgan fingerprint density at radius 2 is 2.09 bits per heavy atom. The van der Waals surface area contributed by atoms with Gasteiger partial charge in [-0.15, -0.1) is 0 Å². The van der Waals surface area contributed by atoms with Crippen LogP contribution in [0, 0.1) is 0 Å². The number of hydrogen-bond acceptors (Lipinski definition) is 2. The van der Waals surface area contributed by atoms with Gasteiger partial charge < -0.3 is 5.11 Å². The van der Waals surface area contributed by atoms with Gasteiger partial charge in [0.05, 0.1) is 22.8 Å². The van der Waals surface area contributed by atoms with E-state index in [4.69, 9.17) is 5.11 Å². The van der Waals surface area contributed by atoms with Crippen LogP contribution in [0.25, 0.3) is 10.9 Å². The predicted octanol–water partition coefficient (Wildman–Crippen LogP) is 4.44. The molecule has 0 aliphatic heterocycles. The Kier molecular flexibility index (Phi) is 4.08. The molecule has 124 valence electrons. The van der Waals surface area contributed by atoms with Gasteiger partial charge in [-0.2, -0.15) is 5.10 Å². The second-order valence-electron chi connectivity index (χ2n) is 6.27. The van der Waals surface area contributed by atoms with Gasteiger partial charge in [-0.1, -0.05) is 13.3 Å². The molecule has 1 aromatic carbocycles. The maximum Gasteiger partial charge on any atom is 0.335 e. The summed E-state index contributed by atoms with van der Waals surface area (Å²) < 4.78 is 28.6. The number of aromatic carboxylic acids is 1. The summed E-state index contributed by atoms with van der Waals surface area (Å²) in [4.78, 5) is 11.2. The summed E-state index contributed by atoms with van der Waals surface area (Å²) in [5.74, 6) is -3.54. The number of hydrogen-bond donors (Lipinski definition) is 1. The van der Waals surface area contributed by atoms with E-state index in [-0.39, 0.29) is 24.4 Å². The van der Waals surface area contributed by atoms with Crippen molar-refractivity contribution >= 4 is 16.9 Å². The number of fused-ring (bicyclic) bond motifs is 1. The van der Waals surface area contributed by atoms with E-state index in [9.17, 15) is 13.6 Å². The van der Waals surface area contributed by atoms with E-state index in [0.29, 0.717) is 12.8 Å². The van der Waals surface area contributed by atoms with Gasteiger partial charge >= 0.3 is 5.97 Å². The van der Waals surface area contributed by atoms with Crippen molar-refractivity contribution < 1.29 is 18.7 Å². The molecule has 0 radical (unpaired) electrons. The summed E-state index contributed by atoms with van der Waals surface area (Å²) in [6.07, 6.45) is 2.21. The largest absolute Gasteiger partial charge is 0.478 e. The van der Waals surface area contributed by atoms with Crippen molar-refractivity contribution in [2.24, 2.45) is 0 Å². The maximum absolute atomic E-state index is 13.4. The van der Waals surface area contributed by atoms with Gasteiger partial charge in [-0.25, -0.2) is 13.6 Å².